The van der Waals surface area contributed by atoms with Crippen LogP contribution in [-0.4, -0.2) is 55.3 Å². The predicted octanol–water partition coefficient (Wildman–Crippen LogP) is 4.10. The quantitative estimate of drug-likeness (QED) is 0.457. The number of hydrogen-bond acceptors (Lipinski definition) is 6. The Hall–Kier alpha value is -2.66. The van der Waals surface area contributed by atoms with Crippen LogP contribution in [0.2, 0.25) is 5.02 Å². The molecule has 2 heterocycles. The maximum Gasteiger partial charge on any atom is 0.355 e. The normalized spacial score (nSPS) is 20.6. The number of halogens is 1. The minimum Gasteiger partial charge on any atom is -0.455 e. The Bertz CT molecular complexity index is 1040. The van der Waals surface area contributed by atoms with Gasteiger partial charge in [0.05, 0.1) is 31.4 Å². The molecule has 1 unspecified atom stereocenters. The van der Waals surface area contributed by atoms with Crippen LogP contribution < -0.4 is 0 Å². The van der Waals surface area contributed by atoms with Crippen LogP contribution in [0.3, 0.4) is 0 Å². The molecule has 1 saturated heterocycles. The van der Waals surface area contributed by atoms with Crippen molar-refractivity contribution in [2.75, 3.05) is 26.9 Å². The number of ether oxygens (including phenoxy) is 3. The van der Waals surface area contributed by atoms with Gasteiger partial charge < -0.3 is 14.2 Å². The van der Waals surface area contributed by atoms with E-state index in [1.54, 1.807) is 45.0 Å². The first kappa shape index (κ1) is 25.0. The summed E-state index contributed by atoms with van der Waals surface area (Å²) in [5.41, 5.74) is 0.565. The largest absolute Gasteiger partial charge is 0.455 e. The van der Waals surface area contributed by atoms with Crippen LogP contribution in [-0.2, 0) is 23.8 Å². The minimum atomic E-state index is -0.728. The average Bonchev–Trinajstić information content (AvgIpc) is 2.72. The van der Waals surface area contributed by atoms with Gasteiger partial charge in [0.25, 0.3) is 5.91 Å². The van der Waals surface area contributed by atoms with Crippen molar-refractivity contribution in [3.8, 4) is 6.07 Å². The summed E-state index contributed by atoms with van der Waals surface area (Å²) >= 11 is 6.16. The smallest absolute Gasteiger partial charge is 0.355 e. The molecular weight excluding hydrogens is 444 g/mol. The summed E-state index contributed by atoms with van der Waals surface area (Å²) in [6, 6.07) is 7.00. The Morgan fingerprint density at radius 1 is 1.39 bits per heavy atom. The van der Waals surface area contributed by atoms with Gasteiger partial charge in [0.15, 0.2) is 0 Å². The second-order valence-electron chi connectivity index (χ2n) is 9.31. The number of esters is 1. The van der Waals surface area contributed by atoms with Gasteiger partial charge in [-0.15, -0.1) is 0 Å². The molecule has 0 spiro atoms. The molecule has 1 aromatic rings. The first-order chi connectivity index (χ1) is 15.5. The number of amides is 1. The highest BCUT2D eigenvalue weighted by Crippen LogP contribution is 2.37. The van der Waals surface area contributed by atoms with Crippen molar-refractivity contribution >= 4 is 29.1 Å². The van der Waals surface area contributed by atoms with Crippen molar-refractivity contribution in [3.63, 3.8) is 0 Å². The van der Waals surface area contributed by atoms with E-state index in [-0.39, 0.29) is 17.7 Å². The summed E-state index contributed by atoms with van der Waals surface area (Å²) < 4.78 is 16.7. The van der Waals surface area contributed by atoms with E-state index < -0.39 is 23.6 Å². The maximum atomic E-state index is 13.3. The van der Waals surface area contributed by atoms with Gasteiger partial charge in [0.1, 0.15) is 17.4 Å². The number of nitriles is 1. The van der Waals surface area contributed by atoms with E-state index in [4.69, 9.17) is 25.8 Å². The third-order valence-electron chi connectivity index (χ3n) is 5.76. The van der Waals surface area contributed by atoms with E-state index >= 15 is 0 Å². The Morgan fingerprint density at radius 3 is 2.61 bits per heavy atom. The van der Waals surface area contributed by atoms with Crippen LogP contribution in [0.4, 0.5) is 0 Å². The Morgan fingerprint density at radius 2 is 2.09 bits per heavy atom. The highest BCUT2D eigenvalue weighted by atomic mass is 35.5. The Kier molecular flexibility index (Phi) is 7.32. The van der Waals surface area contributed by atoms with E-state index in [2.05, 4.69) is 6.07 Å². The fraction of sp³-hybridized carbons (Fsp3) is 0.480. The molecule has 7 nitrogen and oxygen atoms in total. The van der Waals surface area contributed by atoms with E-state index in [1.165, 1.54) is 18.1 Å². The molecule has 2 aliphatic rings. The second-order valence-corrected chi connectivity index (χ2v) is 9.75. The van der Waals surface area contributed by atoms with Gasteiger partial charge in [0.2, 0.25) is 0 Å². The average molecular weight is 473 g/mol. The molecule has 0 aliphatic carbocycles. The third-order valence-corrected chi connectivity index (χ3v) is 6.00. The molecule has 2 aliphatic heterocycles. The number of carbonyl (C=O) groups is 2. The summed E-state index contributed by atoms with van der Waals surface area (Å²) in [6.45, 7) is 8.39. The highest BCUT2D eigenvalue weighted by Gasteiger charge is 2.40. The minimum absolute atomic E-state index is 0.0876. The second kappa shape index (κ2) is 9.68. The van der Waals surface area contributed by atoms with Gasteiger partial charge in [-0.1, -0.05) is 18.5 Å². The molecule has 0 saturated carbocycles. The number of benzene rings is 1. The molecule has 3 rings (SSSR count). The van der Waals surface area contributed by atoms with Crippen LogP contribution >= 0.6 is 11.6 Å². The first-order valence-electron chi connectivity index (χ1n) is 10.8. The van der Waals surface area contributed by atoms with Crippen molar-refractivity contribution in [2.24, 2.45) is 5.41 Å². The molecule has 0 bridgehead atoms. The van der Waals surface area contributed by atoms with Crippen molar-refractivity contribution < 1.29 is 23.8 Å². The molecule has 1 fully saturated rings. The zero-order valence-corrected chi connectivity index (χ0v) is 20.4. The SMILES string of the molecule is CCC1(/C=C(\C(=O)OC(C)(C)C)N2CC(OC)C(c3cc(Cl)ccc3C#N)=CC2=O)COC1. The fourth-order valence-corrected chi connectivity index (χ4v) is 3.97. The van der Waals surface area contributed by atoms with Gasteiger partial charge in [-0.25, -0.2) is 4.79 Å². The number of hydrogen-bond donors (Lipinski definition) is 0. The monoisotopic (exact) mass is 472 g/mol. The fourth-order valence-electron chi connectivity index (χ4n) is 3.80. The standard InChI is InChI=1S/C25H29ClN2O5/c1-6-25(14-32-15-25)11-20(23(30)33-24(2,3)4)28-13-21(31-5)19(10-22(28)29)18-9-17(26)8-7-16(18)12-27/h7-11,21H,6,13-15H2,1-5H3/b20-11+. The van der Waals surface area contributed by atoms with E-state index in [1.807, 2.05) is 6.92 Å². The third kappa shape index (κ3) is 5.47. The topological polar surface area (TPSA) is 88.9 Å². The van der Waals surface area contributed by atoms with Crippen LogP contribution in [0.5, 0.6) is 0 Å². The molecule has 1 aromatic carbocycles. The van der Waals surface area contributed by atoms with Crippen LogP contribution in [0.1, 0.15) is 45.2 Å². The molecule has 33 heavy (non-hydrogen) atoms. The summed E-state index contributed by atoms with van der Waals surface area (Å²) in [6.07, 6.45) is 3.38. The highest BCUT2D eigenvalue weighted by molar-refractivity contribution is 6.30. The first-order valence-corrected chi connectivity index (χ1v) is 11.2. The van der Waals surface area contributed by atoms with Gasteiger partial charge in [-0.2, -0.15) is 5.26 Å². The van der Waals surface area contributed by atoms with Crippen molar-refractivity contribution in [3.05, 3.63) is 52.2 Å². The lowest BCUT2D eigenvalue weighted by Gasteiger charge is -2.40. The molecule has 8 heteroatoms. The molecule has 0 radical (unpaired) electrons. The lowest BCUT2D eigenvalue weighted by atomic mass is 9.82. The Balaban J connectivity index is 2.06. The zero-order valence-electron chi connectivity index (χ0n) is 19.6. The van der Waals surface area contributed by atoms with E-state index in [0.717, 1.165) is 6.42 Å². The van der Waals surface area contributed by atoms with E-state index in [0.29, 0.717) is 34.9 Å². The number of carbonyl (C=O) groups excluding carboxylic acids is 2. The van der Waals surface area contributed by atoms with Crippen LogP contribution in [0.25, 0.3) is 5.57 Å². The molecule has 1 amide bonds. The predicted molar refractivity (Wildman–Crippen MR) is 124 cm³/mol. The Labute approximate surface area is 199 Å². The van der Waals surface area contributed by atoms with E-state index in [9.17, 15) is 14.9 Å². The van der Waals surface area contributed by atoms with Gasteiger partial charge in [0, 0.05) is 23.6 Å². The molecular formula is C25H29ClN2O5. The van der Waals surface area contributed by atoms with Gasteiger partial charge in [-0.3, -0.25) is 9.69 Å². The molecule has 0 N–H and O–H groups in total. The van der Waals surface area contributed by atoms with Crippen molar-refractivity contribution in [1.82, 2.24) is 4.90 Å². The van der Waals surface area contributed by atoms with Gasteiger partial charge in [-0.05, 0) is 62.6 Å². The lowest BCUT2D eigenvalue weighted by Crippen LogP contribution is -2.47. The summed E-state index contributed by atoms with van der Waals surface area (Å²) in [5.74, 6) is -0.978. The number of rotatable bonds is 6. The van der Waals surface area contributed by atoms with Crippen molar-refractivity contribution in [1.29, 1.82) is 5.26 Å². The summed E-state index contributed by atoms with van der Waals surface area (Å²) in [4.78, 5) is 27.9. The molecule has 0 aromatic heterocycles. The van der Waals surface area contributed by atoms with Crippen molar-refractivity contribution in [2.45, 2.75) is 45.8 Å². The van der Waals surface area contributed by atoms with Crippen LogP contribution in [0, 0.1) is 16.7 Å². The molecule has 1 atom stereocenters. The lowest BCUT2D eigenvalue weighted by molar-refractivity contribution is -0.154. The summed E-state index contributed by atoms with van der Waals surface area (Å²) in [5, 5.41) is 9.98. The summed E-state index contributed by atoms with van der Waals surface area (Å²) in [7, 11) is 1.52. The van der Waals surface area contributed by atoms with Gasteiger partial charge >= 0.3 is 5.97 Å². The zero-order chi connectivity index (χ0) is 24.4. The maximum absolute atomic E-state index is 13.3. The molecule has 176 valence electrons. The van der Waals surface area contributed by atoms with Crippen LogP contribution in [0.15, 0.2) is 36.0 Å². The number of nitrogens with zero attached hydrogens (tertiary/aromatic N) is 2. The number of methoxy groups -OCH3 is 1.